The fraction of sp³-hybridized carbons (Fsp3) is 0.0588. The van der Waals surface area contributed by atoms with Gasteiger partial charge in [0, 0.05) is 29.7 Å². The Morgan fingerprint density at radius 1 is 1.24 bits per heavy atom. The van der Waals surface area contributed by atoms with Crippen LogP contribution in [-0.4, -0.2) is 33.7 Å². The van der Waals surface area contributed by atoms with Crippen LogP contribution >= 0.6 is 23.1 Å². The van der Waals surface area contributed by atoms with E-state index in [1.54, 1.807) is 31.3 Å². The summed E-state index contributed by atoms with van der Waals surface area (Å²) in [6.07, 6.45) is 1.49. The highest BCUT2D eigenvalue weighted by molar-refractivity contribution is 7.09. The molecule has 2 aromatic carbocycles. The first-order valence-electron chi connectivity index (χ1n) is 7.25. The lowest BCUT2D eigenvalue weighted by Gasteiger charge is -2.07. The highest BCUT2D eigenvalue weighted by Crippen LogP contribution is 2.28. The van der Waals surface area contributed by atoms with Crippen LogP contribution in [-0.2, 0) is 0 Å². The van der Waals surface area contributed by atoms with Gasteiger partial charge in [-0.05, 0) is 18.2 Å². The van der Waals surface area contributed by atoms with Crippen molar-refractivity contribution in [3.05, 3.63) is 64.7 Å². The Labute approximate surface area is 153 Å². The third-order valence-corrected chi connectivity index (χ3v) is 4.48. The molecule has 0 aliphatic rings. The minimum atomic E-state index is -0.998. The molecule has 1 aromatic heterocycles. The molecule has 126 valence electrons. The summed E-state index contributed by atoms with van der Waals surface area (Å²) in [4.78, 5) is 15.7. The highest BCUT2D eigenvalue weighted by atomic mass is 35.5. The van der Waals surface area contributed by atoms with Gasteiger partial charge in [-0.1, -0.05) is 41.9 Å². The summed E-state index contributed by atoms with van der Waals surface area (Å²) in [6.45, 7) is 0. The van der Waals surface area contributed by atoms with E-state index in [1.165, 1.54) is 28.8 Å². The molecule has 1 heterocycles. The number of aromatic carboxylic acids is 1. The molecule has 0 amide bonds. The summed E-state index contributed by atoms with van der Waals surface area (Å²) in [5.74, 6) is -0.472. The maximum absolute atomic E-state index is 11.2. The first-order valence-corrected chi connectivity index (χ1v) is 8.40. The molecule has 8 heteroatoms. The zero-order valence-corrected chi connectivity index (χ0v) is 14.7. The number of carboxylic acids is 1. The van der Waals surface area contributed by atoms with Crippen LogP contribution in [0, 0.1) is 0 Å². The van der Waals surface area contributed by atoms with Gasteiger partial charge in [0.15, 0.2) is 5.82 Å². The number of nitrogens with zero attached hydrogens (tertiary/aromatic N) is 4. The normalized spacial score (nSPS) is 11.0. The van der Waals surface area contributed by atoms with E-state index in [0.29, 0.717) is 21.5 Å². The average Bonchev–Trinajstić information content (AvgIpc) is 3.10. The van der Waals surface area contributed by atoms with Crippen molar-refractivity contribution in [2.75, 3.05) is 12.1 Å². The third kappa shape index (κ3) is 3.84. The molecule has 0 saturated carbocycles. The van der Waals surface area contributed by atoms with Crippen LogP contribution in [0.15, 0.2) is 53.6 Å². The molecule has 0 bridgehead atoms. The van der Waals surface area contributed by atoms with Crippen LogP contribution in [0.25, 0.3) is 11.4 Å². The molecule has 0 saturated heterocycles. The van der Waals surface area contributed by atoms with Gasteiger partial charge in [-0.3, -0.25) is 0 Å². The second-order valence-corrected chi connectivity index (χ2v) is 6.18. The summed E-state index contributed by atoms with van der Waals surface area (Å²) in [5, 5.41) is 16.1. The number of hydrogen-bond acceptors (Lipinski definition) is 6. The number of carboxylic acid groups (broad SMARTS) is 1. The Morgan fingerprint density at radius 3 is 2.72 bits per heavy atom. The van der Waals surface area contributed by atoms with Crippen LogP contribution in [0.1, 0.15) is 15.9 Å². The molecule has 25 heavy (non-hydrogen) atoms. The van der Waals surface area contributed by atoms with Crippen LogP contribution in [0.3, 0.4) is 0 Å². The maximum Gasteiger partial charge on any atom is 0.336 e. The van der Waals surface area contributed by atoms with E-state index in [1.807, 2.05) is 18.2 Å². The van der Waals surface area contributed by atoms with E-state index in [9.17, 15) is 9.90 Å². The molecule has 0 unspecified atom stereocenters. The Kier molecular flexibility index (Phi) is 5.06. The molecule has 0 atom stereocenters. The van der Waals surface area contributed by atoms with Gasteiger partial charge < -0.3 is 5.11 Å². The molecule has 0 aliphatic heterocycles. The lowest BCUT2D eigenvalue weighted by Crippen LogP contribution is -2.09. The van der Waals surface area contributed by atoms with Crippen molar-refractivity contribution in [2.45, 2.75) is 0 Å². The zero-order valence-electron chi connectivity index (χ0n) is 13.1. The van der Waals surface area contributed by atoms with Gasteiger partial charge >= 0.3 is 5.97 Å². The molecule has 3 rings (SSSR count). The monoisotopic (exact) mass is 372 g/mol. The quantitative estimate of drug-likeness (QED) is 0.540. The molecule has 0 radical (unpaired) electrons. The number of carbonyl (C=O) groups is 1. The predicted molar refractivity (Wildman–Crippen MR) is 99.8 cm³/mol. The van der Waals surface area contributed by atoms with Crippen LogP contribution in [0.2, 0.25) is 5.02 Å². The minimum Gasteiger partial charge on any atom is -0.478 e. The second-order valence-electron chi connectivity index (χ2n) is 5.04. The Morgan fingerprint density at radius 2 is 1.96 bits per heavy atom. The largest absolute Gasteiger partial charge is 0.478 e. The third-order valence-electron chi connectivity index (χ3n) is 3.37. The topological polar surface area (TPSA) is 78.7 Å². The van der Waals surface area contributed by atoms with Gasteiger partial charge in [-0.25, -0.2) is 9.80 Å². The lowest BCUT2D eigenvalue weighted by atomic mass is 10.1. The van der Waals surface area contributed by atoms with E-state index < -0.39 is 5.97 Å². The Hall–Kier alpha value is -2.77. The van der Waals surface area contributed by atoms with Gasteiger partial charge in [-0.2, -0.15) is 14.5 Å². The molecule has 3 aromatic rings. The lowest BCUT2D eigenvalue weighted by molar-refractivity contribution is 0.0697. The number of anilines is 1. The number of hydrogen-bond donors (Lipinski definition) is 1. The summed E-state index contributed by atoms with van der Waals surface area (Å²) in [5.41, 5.74) is 1.45. The summed E-state index contributed by atoms with van der Waals surface area (Å²) in [7, 11) is 1.72. The summed E-state index contributed by atoms with van der Waals surface area (Å²) >= 11 is 7.34. The molecular weight excluding hydrogens is 360 g/mol. The Bertz CT molecular complexity index is 942. The minimum absolute atomic E-state index is 0.189. The van der Waals surface area contributed by atoms with Crippen molar-refractivity contribution >= 4 is 40.4 Å². The van der Waals surface area contributed by atoms with Gasteiger partial charge in [0.2, 0.25) is 5.13 Å². The standard InChI is InChI=1S/C17H13ClN4O2S/c1-22(19-10-11-6-2-3-7-12(11)16(23)24)17-20-15(21-25-17)13-8-4-5-9-14(13)18/h2-10H,1H3,(H,23,24). The van der Waals surface area contributed by atoms with E-state index in [-0.39, 0.29) is 5.56 Å². The molecule has 0 aliphatic carbocycles. The average molecular weight is 373 g/mol. The van der Waals surface area contributed by atoms with Gasteiger partial charge in [-0.15, -0.1) is 0 Å². The highest BCUT2D eigenvalue weighted by Gasteiger charge is 2.12. The molecule has 6 nitrogen and oxygen atoms in total. The first kappa shape index (κ1) is 17.1. The van der Waals surface area contributed by atoms with Crippen molar-refractivity contribution in [3.63, 3.8) is 0 Å². The van der Waals surface area contributed by atoms with Gasteiger partial charge in [0.1, 0.15) is 0 Å². The molecule has 1 N–H and O–H groups in total. The zero-order chi connectivity index (χ0) is 17.8. The van der Waals surface area contributed by atoms with E-state index in [4.69, 9.17) is 11.6 Å². The second kappa shape index (κ2) is 7.42. The number of rotatable bonds is 5. The van der Waals surface area contributed by atoms with E-state index >= 15 is 0 Å². The fourth-order valence-electron chi connectivity index (χ4n) is 2.10. The van der Waals surface area contributed by atoms with Crippen molar-refractivity contribution < 1.29 is 9.90 Å². The van der Waals surface area contributed by atoms with Gasteiger partial charge in [0.05, 0.1) is 16.8 Å². The molecule has 0 spiro atoms. The first-order chi connectivity index (χ1) is 12.1. The summed E-state index contributed by atoms with van der Waals surface area (Å²) < 4.78 is 4.31. The summed E-state index contributed by atoms with van der Waals surface area (Å²) in [6, 6.07) is 14.0. The van der Waals surface area contributed by atoms with Gasteiger partial charge in [0.25, 0.3) is 0 Å². The van der Waals surface area contributed by atoms with Crippen molar-refractivity contribution in [3.8, 4) is 11.4 Å². The van der Waals surface area contributed by atoms with Crippen LogP contribution in [0.4, 0.5) is 5.13 Å². The SMILES string of the molecule is CN(N=Cc1ccccc1C(=O)O)c1nc(-c2ccccc2Cl)ns1. The number of hydrazone groups is 1. The van der Waals surface area contributed by atoms with Crippen LogP contribution < -0.4 is 5.01 Å². The predicted octanol–water partition coefficient (Wildman–Crippen LogP) is 4.03. The van der Waals surface area contributed by atoms with E-state index in [0.717, 1.165) is 5.56 Å². The molecular formula is C17H13ClN4O2S. The van der Waals surface area contributed by atoms with Crippen molar-refractivity contribution in [2.24, 2.45) is 5.10 Å². The van der Waals surface area contributed by atoms with Crippen LogP contribution in [0.5, 0.6) is 0 Å². The smallest absolute Gasteiger partial charge is 0.336 e. The number of halogens is 1. The number of benzene rings is 2. The Balaban J connectivity index is 1.82. The van der Waals surface area contributed by atoms with Crippen molar-refractivity contribution in [1.82, 2.24) is 9.36 Å². The maximum atomic E-state index is 11.2. The van der Waals surface area contributed by atoms with E-state index in [2.05, 4.69) is 14.5 Å². The van der Waals surface area contributed by atoms with Crippen molar-refractivity contribution in [1.29, 1.82) is 0 Å². The number of aromatic nitrogens is 2. The molecule has 0 fully saturated rings. The fourth-order valence-corrected chi connectivity index (χ4v) is 2.92.